The fourth-order valence-electron chi connectivity index (χ4n) is 2.03. The Bertz CT molecular complexity index is 412. The van der Waals surface area contributed by atoms with E-state index in [1.165, 1.54) is 0 Å². The molecule has 0 bridgehead atoms. The molecule has 0 amide bonds. The molecule has 20 heavy (non-hydrogen) atoms. The zero-order chi connectivity index (χ0) is 15.2. The van der Waals surface area contributed by atoms with Crippen molar-refractivity contribution in [3.05, 3.63) is 28.8 Å². The first-order chi connectivity index (χ1) is 9.35. The number of ether oxygens (including phenoxy) is 1. The summed E-state index contributed by atoms with van der Waals surface area (Å²) in [6.45, 7) is 11.7. The van der Waals surface area contributed by atoms with Crippen LogP contribution in [0.2, 0.25) is 5.02 Å². The third kappa shape index (κ3) is 6.15. The van der Waals surface area contributed by atoms with Crippen molar-refractivity contribution in [1.82, 2.24) is 5.32 Å². The van der Waals surface area contributed by atoms with Crippen LogP contribution in [0.15, 0.2) is 18.2 Å². The Morgan fingerprint density at radius 3 is 2.50 bits per heavy atom. The standard InChI is InChI=1S/C17H28ClNO/c1-6-8-15(12-19-17(3,4)5)20-14-9-10-16(18)13(7-2)11-14/h9-11,15,19H,6-8,12H2,1-5H3. The molecule has 2 nitrogen and oxygen atoms in total. The Morgan fingerprint density at radius 2 is 1.95 bits per heavy atom. The molecule has 114 valence electrons. The second kappa shape index (κ2) is 7.90. The molecule has 1 aromatic carbocycles. The molecule has 0 spiro atoms. The summed E-state index contributed by atoms with van der Waals surface area (Å²) in [7, 11) is 0. The number of aryl methyl sites for hydroxylation is 1. The molecule has 3 heteroatoms. The predicted molar refractivity (Wildman–Crippen MR) is 87.9 cm³/mol. The van der Waals surface area contributed by atoms with E-state index in [-0.39, 0.29) is 11.6 Å². The molecule has 0 aliphatic rings. The number of benzene rings is 1. The van der Waals surface area contributed by atoms with E-state index in [1.54, 1.807) is 0 Å². The number of nitrogens with one attached hydrogen (secondary N) is 1. The lowest BCUT2D eigenvalue weighted by Gasteiger charge is -2.26. The lowest BCUT2D eigenvalue weighted by molar-refractivity contribution is 0.175. The average molecular weight is 298 g/mol. The highest BCUT2D eigenvalue weighted by Gasteiger charge is 2.15. The Labute approximate surface area is 128 Å². The molecule has 0 aliphatic carbocycles. The van der Waals surface area contributed by atoms with Gasteiger partial charge in [-0.1, -0.05) is 31.9 Å². The van der Waals surface area contributed by atoms with Gasteiger partial charge >= 0.3 is 0 Å². The number of rotatable bonds is 7. The minimum Gasteiger partial charge on any atom is -0.489 e. The quantitative estimate of drug-likeness (QED) is 0.777. The van der Waals surface area contributed by atoms with E-state index in [2.05, 4.69) is 46.0 Å². The highest BCUT2D eigenvalue weighted by molar-refractivity contribution is 6.31. The largest absolute Gasteiger partial charge is 0.489 e. The van der Waals surface area contributed by atoms with Gasteiger partial charge in [0.2, 0.25) is 0 Å². The van der Waals surface area contributed by atoms with Crippen molar-refractivity contribution in [1.29, 1.82) is 0 Å². The van der Waals surface area contributed by atoms with Gasteiger partial charge in [-0.3, -0.25) is 0 Å². The molecule has 0 aromatic heterocycles. The van der Waals surface area contributed by atoms with Gasteiger partial charge in [0.15, 0.2) is 0 Å². The third-order valence-corrected chi connectivity index (χ3v) is 3.54. The zero-order valence-corrected chi connectivity index (χ0v) is 14.2. The SMILES string of the molecule is CCCC(CNC(C)(C)C)Oc1ccc(Cl)c(CC)c1. The molecular weight excluding hydrogens is 270 g/mol. The predicted octanol–water partition coefficient (Wildman–Crippen LogP) is 4.84. The van der Waals surface area contributed by atoms with Crippen molar-refractivity contribution in [2.24, 2.45) is 0 Å². The average Bonchev–Trinajstić information content (AvgIpc) is 2.37. The second-order valence-electron chi connectivity index (χ2n) is 6.27. The van der Waals surface area contributed by atoms with Crippen LogP contribution in [0.5, 0.6) is 5.75 Å². The minimum atomic E-state index is 0.115. The first-order valence-electron chi connectivity index (χ1n) is 7.55. The Morgan fingerprint density at radius 1 is 1.25 bits per heavy atom. The molecule has 1 N–H and O–H groups in total. The van der Waals surface area contributed by atoms with E-state index in [0.717, 1.165) is 42.1 Å². The summed E-state index contributed by atoms with van der Waals surface area (Å²) in [5, 5.41) is 4.34. The topological polar surface area (TPSA) is 21.3 Å². The van der Waals surface area contributed by atoms with Crippen molar-refractivity contribution < 1.29 is 4.74 Å². The summed E-state index contributed by atoms with van der Waals surface area (Å²) in [6, 6.07) is 5.94. The molecule has 0 aliphatic heterocycles. The van der Waals surface area contributed by atoms with Gasteiger partial charge < -0.3 is 10.1 Å². The lowest BCUT2D eigenvalue weighted by atomic mass is 10.1. The van der Waals surface area contributed by atoms with Crippen LogP contribution in [-0.2, 0) is 6.42 Å². The van der Waals surface area contributed by atoms with Gasteiger partial charge in [0.05, 0.1) is 0 Å². The van der Waals surface area contributed by atoms with Crippen LogP contribution in [-0.4, -0.2) is 18.2 Å². The van der Waals surface area contributed by atoms with Crippen molar-refractivity contribution in [3.63, 3.8) is 0 Å². The Kier molecular flexibility index (Phi) is 6.84. The molecule has 0 saturated carbocycles. The summed E-state index contributed by atoms with van der Waals surface area (Å²) in [5.41, 5.74) is 1.26. The summed E-state index contributed by atoms with van der Waals surface area (Å²) in [4.78, 5) is 0. The van der Waals surface area contributed by atoms with Crippen LogP contribution < -0.4 is 10.1 Å². The Hall–Kier alpha value is -0.730. The van der Waals surface area contributed by atoms with E-state index in [9.17, 15) is 0 Å². The fourth-order valence-corrected chi connectivity index (χ4v) is 2.28. The van der Waals surface area contributed by atoms with E-state index in [1.807, 2.05) is 12.1 Å². The fraction of sp³-hybridized carbons (Fsp3) is 0.647. The number of hydrogen-bond donors (Lipinski definition) is 1. The van der Waals surface area contributed by atoms with Gasteiger partial charge in [-0.15, -0.1) is 0 Å². The van der Waals surface area contributed by atoms with E-state index in [0.29, 0.717) is 0 Å². The summed E-state index contributed by atoms with van der Waals surface area (Å²) < 4.78 is 6.13. The molecule has 1 atom stereocenters. The van der Waals surface area contributed by atoms with Gasteiger partial charge in [0.1, 0.15) is 11.9 Å². The second-order valence-corrected chi connectivity index (χ2v) is 6.67. The van der Waals surface area contributed by atoms with E-state index >= 15 is 0 Å². The maximum absolute atomic E-state index is 6.15. The Balaban J connectivity index is 2.69. The first kappa shape index (κ1) is 17.3. The van der Waals surface area contributed by atoms with Gasteiger partial charge in [0, 0.05) is 17.1 Å². The summed E-state index contributed by atoms with van der Waals surface area (Å²) >= 11 is 6.15. The molecular formula is C17H28ClNO. The van der Waals surface area contributed by atoms with Gasteiger partial charge in [-0.2, -0.15) is 0 Å². The van der Waals surface area contributed by atoms with Crippen LogP contribution in [0, 0.1) is 0 Å². The number of hydrogen-bond acceptors (Lipinski definition) is 2. The van der Waals surface area contributed by atoms with E-state index < -0.39 is 0 Å². The molecule has 1 unspecified atom stereocenters. The van der Waals surface area contributed by atoms with Crippen LogP contribution >= 0.6 is 11.6 Å². The van der Waals surface area contributed by atoms with Crippen LogP contribution in [0.1, 0.15) is 53.0 Å². The minimum absolute atomic E-state index is 0.115. The highest BCUT2D eigenvalue weighted by atomic mass is 35.5. The van der Waals surface area contributed by atoms with Gasteiger partial charge in [-0.25, -0.2) is 0 Å². The van der Waals surface area contributed by atoms with Crippen LogP contribution in [0.4, 0.5) is 0 Å². The zero-order valence-electron chi connectivity index (χ0n) is 13.4. The maximum Gasteiger partial charge on any atom is 0.120 e. The summed E-state index contributed by atoms with van der Waals surface area (Å²) in [6.07, 6.45) is 3.29. The van der Waals surface area contributed by atoms with Crippen LogP contribution in [0.3, 0.4) is 0 Å². The smallest absolute Gasteiger partial charge is 0.120 e. The molecule has 0 saturated heterocycles. The molecule has 1 aromatic rings. The van der Waals surface area contributed by atoms with Crippen molar-refractivity contribution >= 4 is 11.6 Å². The van der Waals surface area contributed by atoms with Gasteiger partial charge in [0.25, 0.3) is 0 Å². The molecule has 0 radical (unpaired) electrons. The highest BCUT2D eigenvalue weighted by Crippen LogP contribution is 2.24. The van der Waals surface area contributed by atoms with Crippen molar-refractivity contribution in [2.45, 2.75) is 65.5 Å². The maximum atomic E-state index is 6.15. The molecule has 0 heterocycles. The lowest BCUT2D eigenvalue weighted by Crippen LogP contribution is -2.42. The molecule has 1 rings (SSSR count). The first-order valence-corrected chi connectivity index (χ1v) is 7.93. The van der Waals surface area contributed by atoms with E-state index in [4.69, 9.17) is 16.3 Å². The number of halogens is 1. The normalized spacial score (nSPS) is 13.3. The molecule has 0 fully saturated rings. The third-order valence-electron chi connectivity index (χ3n) is 3.17. The van der Waals surface area contributed by atoms with Gasteiger partial charge in [-0.05, 0) is 57.4 Å². The monoisotopic (exact) mass is 297 g/mol. The van der Waals surface area contributed by atoms with Crippen molar-refractivity contribution in [2.75, 3.05) is 6.54 Å². The summed E-state index contributed by atoms with van der Waals surface area (Å²) in [5.74, 6) is 0.917. The van der Waals surface area contributed by atoms with Crippen LogP contribution in [0.25, 0.3) is 0 Å². The van der Waals surface area contributed by atoms with Crippen molar-refractivity contribution in [3.8, 4) is 5.75 Å².